The minimum Gasteiger partial charge on any atom is -0.462 e. The van der Waals surface area contributed by atoms with Crippen LogP contribution in [0.3, 0.4) is 0 Å². The summed E-state index contributed by atoms with van der Waals surface area (Å²) >= 11 is 1.39. The highest BCUT2D eigenvalue weighted by atomic mass is 32.2. The van der Waals surface area contributed by atoms with Gasteiger partial charge in [0.15, 0.2) is 0 Å². The lowest BCUT2D eigenvalue weighted by atomic mass is 10.0. The van der Waals surface area contributed by atoms with Crippen LogP contribution in [0.15, 0.2) is 24.3 Å². The van der Waals surface area contributed by atoms with Crippen LogP contribution in [-0.4, -0.2) is 39.2 Å². The highest BCUT2D eigenvalue weighted by Crippen LogP contribution is 2.26. The van der Waals surface area contributed by atoms with Gasteiger partial charge in [0.1, 0.15) is 12.1 Å². The number of amides is 2. The molecule has 6 nitrogen and oxygen atoms in total. The maximum atomic E-state index is 12.2. The molecule has 0 unspecified atom stereocenters. The van der Waals surface area contributed by atoms with Crippen molar-refractivity contribution < 1.29 is 19.9 Å². The molecule has 0 heterocycles. The lowest BCUT2D eigenvalue weighted by molar-refractivity contribution is -0.131. The van der Waals surface area contributed by atoms with E-state index in [0.717, 1.165) is 0 Å². The molecule has 118 valence electrons. The van der Waals surface area contributed by atoms with E-state index in [1.807, 2.05) is 6.26 Å². The number of hydrogen-bond donors (Lipinski definition) is 4. The Kier molecular flexibility index (Phi) is 6.28. The second-order valence-corrected chi connectivity index (χ2v) is 6.46. The van der Waals surface area contributed by atoms with Crippen LogP contribution in [-0.2, 0) is 4.79 Å². The van der Waals surface area contributed by atoms with E-state index in [1.54, 1.807) is 37.6 Å². The molecule has 2 amide bonds. The van der Waals surface area contributed by atoms with Crippen LogP contribution in [0, 0.1) is 12.0 Å². The first kappa shape index (κ1) is 17.9. The first-order valence-electron chi connectivity index (χ1n) is 6.41. The number of aliphatic hydroxyl groups excluding tert-OH is 1. The monoisotopic (exact) mass is 322 g/mol. The van der Waals surface area contributed by atoms with E-state index in [1.165, 1.54) is 23.9 Å². The van der Waals surface area contributed by atoms with E-state index in [4.69, 9.17) is 10.3 Å². The molecule has 1 atom stereocenters. The van der Waals surface area contributed by atoms with Crippen molar-refractivity contribution in [1.29, 1.82) is 0 Å². The van der Waals surface area contributed by atoms with Crippen molar-refractivity contribution in [3.63, 3.8) is 0 Å². The van der Waals surface area contributed by atoms with Gasteiger partial charge in [0.2, 0.25) is 0 Å². The third-order valence-electron chi connectivity index (χ3n) is 3.22. The molecule has 0 spiro atoms. The van der Waals surface area contributed by atoms with Crippen LogP contribution in [0.25, 0.3) is 0 Å². The number of nitrogens with one attached hydrogen (secondary N) is 2. The van der Waals surface area contributed by atoms with E-state index in [2.05, 4.69) is 11.2 Å². The van der Waals surface area contributed by atoms with Gasteiger partial charge < -0.3 is 10.4 Å². The molecule has 0 radical (unpaired) electrons. The summed E-state index contributed by atoms with van der Waals surface area (Å²) < 4.78 is -0.606. The normalized spacial score (nSPS) is 11.8. The third kappa shape index (κ3) is 4.41. The van der Waals surface area contributed by atoms with Crippen molar-refractivity contribution in [1.82, 2.24) is 10.8 Å². The summed E-state index contributed by atoms with van der Waals surface area (Å²) in [5, 5.41) is 20.0. The van der Waals surface area contributed by atoms with Crippen LogP contribution in [0.5, 0.6) is 0 Å². The molecule has 22 heavy (non-hydrogen) atoms. The third-order valence-corrected chi connectivity index (χ3v) is 4.50. The first-order valence-corrected chi connectivity index (χ1v) is 7.63. The van der Waals surface area contributed by atoms with Crippen LogP contribution in [0.1, 0.15) is 29.8 Å². The Labute approximate surface area is 133 Å². The quantitative estimate of drug-likeness (QED) is 0.370. The molecule has 1 aromatic carbocycles. The number of hydrogen-bond acceptors (Lipinski definition) is 5. The zero-order valence-corrected chi connectivity index (χ0v) is 13.3. The van der Waals surface area contributed by atoms with Gasteiger partial charge in [0, 0.05) is 15.9 Å². The summed E-state index contributed by atoms with van der Waals surface area (Å²) in [6.45, 7) is 3.58. The summed E-state index contributed by atoms with van der Waals surface area (Å²) in [4.78, 5) is 24.0. The lowest BCUT2D eigenvalue weighted by Gasteiger charge is -2.31. The smallest absolute Gasteiger partial charge is 0.267 e. The second-order valence-electron chi connectivity index (χ2n) is 5.00. The van der Waals surface area contributed by atoms with Gasteiger partial charge in [0.05, 0.1) is 0 Å². The number of benzene rings is 1. The molecule has 1 aromatic rings. The van der Waals surface area contributed by atoms with Crippen molar-refractivity contribution in [3.8, 4) is 12.0 Å². The van der Waals surface area contributed by atoms with Crippen LogP contribution >= 0.6 is 11.8 Å². The SMILES string of the molecule is CSC(C)(C)[C@H](NC(=O)c1ccc(C#CO)cc1)C(=O)NO. The van der Waals surface area contributed by atoms with Gasteiger partial charge >= 0.3 is 0 Å². The summed E-state index contributed by atoms with van der Waals surface area (Å²) in [5.74, 6) is 1.32. The van der Waals surface area contributed by atoms with E-state index >= 15 is 0 Å². The molecule has 0 aliphatic rings. The Morgan fingerprint density at radius 3 is 2.32 bits per heavy atom. The largest absolute Gasteiger partial charge is 0.462 e. The topological polar surface area (TPSA) is 98.7 Å². The van der Waals surface area contributed by atoms with Gasteiger partial charge in [-0.05, 0) is 50.3 Å². The molecule has 0 saturated carbocycles. The fourth-order valence-electron chi connectivity index (χ4n) is 1.72. The zero-order chi connectivity index (χ0) is 16.8. The van der Waals surface area contributed by atoms with Gasteiger partial charge in [-0.2, -0.15) is 11.8 Å². The predicted octanol–water partition coefficient (Wildman–Crippen LogP) is 1.11. The Hall–Kier alpha value is -2.17. The molecule has 0 saturated heterocycles. The molecular formula is C15H18N2O4S. The maximum absolute atomic E-state index is 12.2. The number of aliphatic hydroxyl groups is 1. The highest BCUT2D eigenvalue weighted by molar-refractivity contribution is 8.00. The number of rotatable bonds is 5. The van der Waals surface area contributed by atoms with Crippen molar-refractivity contribution in [2.75, 3.05) is 6.26 Å². The van der Waals surface area contributed by atoms with Crippen molar-refractivity contribution >= 4 is 23.6 Å². The summed E-state index contributed by atoms with van der Waals surface area (Å²) in [5.41, 5.74) is 2.48. The molecule has 0 aliphatic heterocycles. The van der Waals surface area contributed by atoms with Gasteiger partial charge in [-0.15, -0.1) is 0 Å². The lowest BCUT2D eigenvalue weighted by Crippen LogP contribution is -2.55. The van der Waals surface area contributed by atoms with Crippen molar-refractivity contribution in [3.05, 3.63) is 35.4 Å². The van der Waals surface area contributed by atoms with Crippen LogP contribution in [0.4, 0.5) is 0 Å². The number of carbonyl (C=O) groups is 2. The molecule has 0 fully saturated rings. The number of carbonyl (C=O) groups excluding carboxylic acids is 2. The molecule has 0 aliphatic carbocycles. The average molecular weight is 322 g/mol. The summed E-state index contributed by atoms with van der Waals surface area (Å²) in [6, 6.07) is 5.33. The Morgan fingerprint density at radius 2 is 1.86 bits per heavy atom. The Balaban J connectivity index is 2.95. The first-order chi connectivity index (χ1) is 10.4. The molecular weight excluding hydrogens is 304 g/mol. The summed E-state index contributed by atoms with van der Waals surface area (Å²) in [7, 11) is 0. The van der Waals surface area contributed by atoms with E-state index in [9.17, 15) is 9.59 Å². The summed E-state index contributed by atoms with van der Waals surface area (Å²) in [6.07, 6.45) is 3.59. The fourth-order valence-corrected chi connectivity index (χ4v) is 2.12. The molecule has 0 bridgehead atoms. The van der Waals surface area contributed by atoms with E-state index in [-0.39, 0.29) is 0 Å². The van der Waals surface area contributed by atoms with Gasteiger partial charge in [-0.3, -0.25) is 14.8 Å². The number of hydroxylamine groups is 1. The highest BCUT2D eigenvalue weighted by Gasteiger charge is 2.36. The Bertz CT molecular complexity index is 602. The minimum atomic E-state index is -0.906. The van der Waals surface area contributed by atoms with Gasteiger partial charge in [-0.25, -0.2) is 5.48 Å². The van der Waals surface area contributed by atoms with Gasteiger partial charge in [-0.1, -0.05) is 0 Å². The standard InChI is InChI=1S/C15H18N2O4S/c1-15(2,22-3)12(14(20)17-21)16-13(19)11-6-4-10(5-7-11)8-9-18/h4-7,12,18,21H,1-3H3,(H,16,19)(H,17,20)/t12-/m1/s1. The average Bonchev–Trinajstić information content (AvgIpc) is 2.52. The molecule has 4 N–H and O–H groups in total. The molecule has 1 rings (SSSR count). The zero-order valence-electron chi connectivity index (χ0n) is 12.5. The van der Waals surface area contributed by atoms with Crippen LogP contribution in [0.2, 0.25) is 0 Å². The molecule has 7 heteroatoms. The van der Waals surface area contributed by atoms with Gasteiger partial charge in [0.25, 0.3) is 11.8 Å². The molecule has 0 aromatic heterocycles. The Morgan fingerprint density at radius 1 is 1.27 bits per heavy atom. The van der Waals surface area contributed by atoms with E-state index < -0.39 is 22.6 Å². The minimum absolute atomic E-state index is 0.344. The maximum Gasteiger partial charge on any atom is 0.267 e. The second kappa shape index (κ2) is 7.73. The predicted molar refractivity (Wildman–Crippen MR) is 84.0 cm³/mol. The van der Waals surface area contributed by atoms with E-state index in [0.29, 0.717) is 11.1 Å². The number of thioether (sulfide) groups is 1. The van der Waals surface area contributed by atoms with Crippen molar-refractivity contribution in [2.45, 2.75) is 24.6 Å². The fraction of sp³-hybridized carbons (Fsp3) is 0.333. The van der Waals surface area contributed by atoms with Crippen LogP contribution < -0.4 is 10.8 Å². The van der Waals surface area contributed by atoms with Crippen molar-refractivity contribution in [2.24, 2.45) is 0 Å².